The van der Waals surface area contributed by atoms with Gasteiger partial charge in [0.1, 0.15) is 29.1 Å². The SMILES string of the molecule is COc1ccc(N2C(=O)C(=O)/C(=C(\O)c3ccc(Br)c(C)c3)C2c2ccc(C)o2)cc1. The van der Waals surface area contributed by atoms with Crippen molar-refractivity contribution in [2.75, 3.05) is 12.0 Å². The van der Waals surface area contributed by atoms with Crippen LogP contribution in [0.15, 0.2) is 69.1 Å². The number of Topliss-reactive ketones (excluding diaryl/α,β-unsaturated/α-hetero) is 1. The standard InChI is InChI=1S/C24H20BrNO5/c1-13-12-15(5-10-18(13)25)22(27)20-21(19-11-4-14(2)31-19)26(24(29)23(20)28)16-6-8-17(30-3)9-7-16/h4-12,21,27H,1-3H3/b22-20-. The van der Waals surface area contributed by atoms with Crippen LogP contribution in [0.5, 0.6) is 5.75 Å². The number of hydrogen-bond donors (Lipinski definition) is 1. The molecule has 7 heteroatoms. The zero-order chi connectivity index (χ0) is 22.3. The fraction of sp³-hybridized carbons (Fsp3) is 0.167. The van der Waals surface area contributed by atoms with Crippen molar-refractivity contribution in [1.82, 2.24) is 0 Å². The Hall–Kier alpha value is -3.32. The Morgan fingerprint density at radius 3 is 2.35 bits per heavy atom. The maximum absolute atomic E-state index is 13.1. The lowest BCUT2D eigenvalue weighted by atomic mass is 9.98. The minimum absolute atomic E-state index is 0.0168. The molecule has 31 heavy (non-hydrogen) atoms. The van der Waals surface area contributed by atoms with Crippen molar-refractivity contribution >= 4 is 39.1 Å². The molecule has 1 fully saturated rings. The minimum atomic E-state index is -0.897. The molecule has 1 aliphatic rings. The Morgan fingerprint density at radius 1 is 1.06 bits per heavy atom. The van der Waals surface area contributed by atoms with E-state index in [1.165, 1.54) is 4.90 Å². The second-order valence-electron chi connectivity index (χ2n) is 7.28. The third-order valence-electron chi connectivity index (χ3n) is 5.26. The van der Waals surface area contributed by atoms with E-state index >= 15 is 0 Å². The summed E-state index contributed by atoms with van der Waals surface area (Å²) in [6, 6.07) is 14.6. The van der Waals surface area contributed by atoms with E-state index in [9.17, 15) is 14.7 Å². The largest absolute Gasteiger partial charge is 0.507 e. The molecule has 0 saturated carbocycles. The molecule has 2 aromatic carbocycles. The van der Waals surface area contributed by atoms with E-state index in [4.69, 9.17) is 9.15 Å². The van der Waals surface area contributed by atoms with Crippen LogP contribution in [-0.4, -0.2) is 23.9 Å². The Labute approximate surface area is 187 Å². The van der Waals surface area contributed by atoms with Gasteiger partial charge < -0.3 is 14.3 Å². The first kappa shape index (κ1) is 20.9. The lowest BCUT2D eigenvalue weighted by Gasteiger charge is -2.23. The Balaban J connectivity index is 1.91. The van der Waals surface area contributed by atoms with Crippen LogP contribution in [0.2, 0.25) is 0 Å². The Bertz CT molecular complexity index is 1210. The van der Waals surface area contributed by atoms with Crippen molar-refractivity contribution in [2.45, 2.75) is 19.9 Å². The molecule has 1 unspecified atom stereocenters. The fourth-order valence-electron chi connectivity index (χ4n) is 3.66. The number of rotatable bonds is 4. The van der Waals surface area contributed by atoms with Gasteiger partial charge in [0.2, 0.25) is 0 Å². The van der Waals surface area contributed by atoms with E-state index in [2.05, 4.69) is 15.9 Å². The number of aliphatic hydroxyl groups excluding tert-OH is 1. The number of furan rings is 1. The van der Waals surface area contributed by atoms with Crippen LogP contribution in [0, 0.1) is 13.8 Å². The molecular weight excluding hydrogens is 462 g/mol. The molecule has 1 atom stereocenters. The second-order valence-corrected chi connectivity index (χ2v) is 8.13. The smallest absolute Gasteiger partial charge is 0.300 e. The monoisotopic (exact) mass is 481 g/mol. The predicted molar refractivity (Wildman–Crippen MR) is 120 cm³/mol. The van der Waals surface area contributed by atoms with Crippen LogP contribution >= 0.6 is 15.9 Å². The molecule has 1 amide bonds. The predicted octanol–water partition coefficient (Wildman–Crippen LogP) is 5.29. The first-order valence-electron chi connectivity index (χ1n) is 9.59. The summed E-state index contributed by atoms with van der Waals surface area (Å²) in [5.74, 6) is -0.106. The van der Waals surface area contributed by atoms with Gasteiger partial charge in [-0.25, -0.2) is 0 Å². The number of anilines is 1. The summed E-state index contributed by atoms with van der Waals surface area (Å²) in [4.78, 5) is 27.5. The molecule has 2 heterocycles. The van der Waals surface area contributed by atoms with Crippen LogP contribution in [0.3, 0.4) is 0 Å². The summed E-state index contributed by atoms with van der Waals surface area (Å²) >= 11 is 3.43. The number of halogens is 1. The molecule has 158 valence electrons. The van der Waals surface area contributed by atoms with E-state index in [1.54, 1.807) is 68.6 Å². The fourth-order valence-corrected chi connectivity index (χ4v) is 3.91. The van der Waals surface area contributed by atoms with Gasteiger partial charge in [-0.3, -0.25) is 14.5 Å². The summed E-state index contributed by atoms with van der Waals surface area (Å²) < 4.78 is 11.9. The van der Waals surface area contributed by atoms with Crippen molar-refractivity contribution < 1.29 is 23.8 Å². The number of ketones is 1. The number of methoxy groups -OCH3 is 1. The molecule has 0 spiro atoms. The summed E-state index contributed by atoms with van der Waals surface area (Å²) in [6.45, 7) is 3.66. The van der Waals surface area contributed by atoms with Crippen LogP contribution in [0.4, 0.5) is 5.69 Å². The molecule has 0 aliphatic carbocycles. The van der Waals surface area contributed by atoms with Gasteiger partial charge in [0.25, 0.3) is 11.7 Å². The van der Waals surface area contributed by atoms with Crippen LogP contribution < -0.4 is 9.64 Å². The van der Waals surface area contributed by atoms with Crippen molar-refractivity contribution in [2.24, 2.45) is 0 Å². The summed E-state index contributed by atoms with van der Waals surface area (Å²) in [7, 11) is 1.55. The van der Waals surface area contributed by atoms with Gasteiger partial charge in [-0.05, 0) is 67.9 Å². The number of aliphatic hydroxyl groups is 1. The molecule has 1 N–H and O–H groups in total. The molecular formula is C24H20BrNO5. The zero-order valence-corrected chi connectivity index (χ0v) is 18.8. The van der Waals surface area contributed by atoms with Crippen LogP contribution in [0.25, 0.3) is 5.76 Å². The van der Waals surface area contributed by atoms with Crippen molar-refractivity contribution in [1.29, 1.82) is 0 Å². The average Bonchev–Trinajstić information content (AvgIpc) is 3.30. The number of carbonyl (C=O) groups excluding carboxylic acids is 2. The molecule has 1 aromatic heterocycles. The first-order valence-corrected chi connectivity index (χ1v) is 10.4. The van der Waals surface area contributed by atoms with Gasteiger partial charge in [-0.2, -0.15) is 0 Å². The molecule has 6 nitrogen and oxygen atoms in total. The number of amides is 1. The lowest BCUT2D eigenvalue weighted by molar-refractivity contribution is -0.132. The highest BCUT2D eigenvalue weighted by Gasteiger charge is 2.48. The topological polar surface area (TPSA) is 80.0 Å². The van der Waals surface area contributed by atoms with Crippen molar-refractivity contribution in [3.8, 4) is 5.75 Å². The summed E-state index contributed by atoms with van der Waals surface area (Å²) in [5, 5.41) is 11.1. The van der Waals surface area contributed by atoms with Crippen molar-refractivity contribution in [3.05, 3.63) is 87.3 Å². The maximum atomic E-state index is 13.1. The third kappa shape index (κ3) is 3.65. The molecule has 4 rings (SSSR count). The van der Waals surface area contributed by atoms with Gasteiger partial charge in [-0.1, -0.05) is 22.0 Å². The van der Waals surface area contributed by atoms with Crippen LogP contribution in [-0.2, 0) is 9.59 Å². The summed E-state index contributed by atoms with van der Waals surface area (Å²) in [5.41, 5.74) is 1.81. The highest BCUT2D eigenvalue weighted by Crippen LogP contribution is 2.43. The molecule has 0 radical (unpaired) electrons. The molecule has 3 aromatic rings. The number of aryl methyl sites for hydroxylation is 2. The highest BCUT2D eigenvalue weighted by molar-refractivity contribution is 9.10. The van der Waals surface area contributed by atoms with Gasteiger partial charge in [-0.15, -0.1) is 0 Å². The number of carbonyl (C=O) groups is 2. The lowest BCUT2D eigenvalue weighted by Crippen LogP contribution is -2.29. The van der Waals surface area contributed by atoms with E-state index in [-0.39, 0.29) is 11.3 Å². The van der Waals surface area contributed by atoms with Gasteiger partial charge in [0.05, 0.1) is 12.7 Å². The number of nitrogens with zero attached hydrogens (tertiary/aromatic N) is 1. The van der Waals surface area contributed by atoms with Crippen LogP contribution in [0.1, 0.15) is 28.7 Å². The number of benzene rings is 2. The molecule has 0 bridgehead atoms. The van der Waals surface area contributed by atoms with E-state index in [0.29, 0.717) is 28.5 Å². The Kier molecular flexibility index (Phi) is 5.45. The zero-order valence-electron chi connectivity index (χ0n) is 17.2. The van der Waals surface area contributed by atoms with Gasteiger partial charge in [0, 0.05) is 15.7 Å². The highest BCUT2D eigenvalue weighted by atomic mass is 79.9. The quantitative estimate of drug-likeness (QED) is 0.311. The van der Waals surface area contributed by atoms with Crippen molar-refractivity contribution in [3.63, 3.8) is 0 Å². The first-order chi connectivity index (χ1) is 14.8. The summed E-state index contributed by atoms with van der Waals surface area (Å²) in [6.07, 6.45) is 0. The van der Waals surface area contributed by atoms with E-state index in [1.807, 2.05) is 6.92 Å². The number of ether oxygens (including phenoxy) is 1. The second kappa shape index (κ2) is 8.07. The van der Waals surface area contributed by atoms with E-state index in [0.717, 1.165) is 10.0 Å². The minimum Gasteiger partial charge on any atom is -0.507 e. The van der Waals surface area contributed by atoms with Gasteiger partial charge in [0.15, 0.2) is 0 Å². The third-order valence-corrected chi connectivity index (χ3v) is 6.15. The molecule has 1 saturated heterocycles. The maximum Gasteiger partial charge on any atom is 0.300 e. The van der Waals surface area contributed by atoms with E-state index < -0.39 is 17.7 Å². The normalized spacial score (nSPS) is 17.9. The number of hydrogen-bond acceptors (Lipinski definition) is 5. The Morgan fingerprint density at radius 2 is 1.77 bits per heavy atom. The van der Waals surface area contributed by atoms with Gasteiger partial charge >= 0.3 is 0 Å². The molecule has 1 aliphatic heterocycles. The average molecular weight is 482 g/mol.